The Bertz CT molecular complexity index is 918. The molecule has 0 unspecified atom stereocenters. The molecule has 140 valence electrons. The summed E-state index contributed by atoms with van der Waals surface area (Å²) in [5.41, 5.74) is -0.414. The largest absolute Gasteiger partial charge is 0.349 e. The monoisotopic (exact) mass is 416 g/mol. The first kappa shape index (κ1) is 19.1. The van der Waals surface area contributed by atoms with Crippen molar-refractivity contribution in [1.29, 1.82) is 0 Å². The van der Waals surface area contributed by atoms with Gasteiger partial charge < -0.3 is 10.6 Å². The number of hydrogen-bond donors (Lipinski definition) is 2. The van der Waals surface area contributed by atoms with Gasteiger partial charge in [-0.1, -0.05) is 35.2 Å². The maximum Gasteiger partial charge on any atom is 0.230 e. The van der Waals surface area contributed by atoms with Gasteiger partial charge in [0.1, 0.15) is 5.82 Å². The normalized spacial score (nSPS) is 21.5. The van der Waals surface area contributed by atoms with Gasteiger partial charge in [-0.15, -0.1) is 10.2 Å². The molecule has 0 saturated carbocycles. The van der Waals surface area contributed by atoms with Crippen LogP contribution in [0.25, 0.3) is 0 Å². The van der Waals surface area contributed by atoms with Crippen molar-refractivity contribution >= 4 is 49.7 Å². The number of benzene rings is 1. The van der Waals surface area contributed by atoms with E-state index in [1.807, 2.05) is 0 Å². The van der Waals surface area contributed by atoms with Crippen LogP contribution in [0.2, 0.25) is 0 Å². The van der Waals surface area contributed by atoms with Gasteiger partial charge in [-0.2, -0.15) is 0 Å². The quantitative estimate of drug-likeness (QED) is 0.696. The molecule has 1 fully saturated rings. The van der Waals surface area contributed by atoms with Crippen molar-refractivity contribution in [2.45, 2.75) is 23.2 Å². The van der Waals surface area contributed by atoms with Crippen LogP contribution in [0.4, 0.5) is 15.2 Å². The minimum Gasteiger partial charge on any atom is -0.349 e. The van der Waals surface area contributed by atoms with Crippen LogP contribution < -0.4 is 10.6 Å². The summed E-state index contributed by atoms with van der Waals surface area (Å²) in [6.07, 6.45) is 0.418. The average Bonchev–Trinajstić information content (AvgIpc) is 3.11. The van der Waals surface area contributed by atoms with Gasteiger partial charge in [-0.05, 0) is 25.5 Å². The van der Waals surface area contributed by atoms with Gasteiger partial charge >= 0.3 is 0 Å². The molecule has 26 heavy (non-hydrogen) atoms. The van der Waals surface area contributed by atoms with E-state index in [2.05, 4.69) is 20.8 Å². The average molecular weight is 417 g/mol. The molecular formula is C15H17FN4O3S3. The standard InChI is InChI=1S/C15H17FN4O3S3/c1-15(6-7-26(22,23)9-15)18-12(21)8-24-14-20-19-13(25-14)17-11-5-3-2-4-10(11)16/h2-5H,6-9H2,1H3,(H,17,19)(H,18,21)/t15-/m0/s1. The lowest BCUT2D eigenvalue weighted by molar-refractivity contribution is -0.120. The topological polar surface area (TPSA) is 101 Å². The molecule has 2 aromatic rings. The van der Waals surface area contributed by atoms with E-state index >= 15 is 0 Å². The van der Waals surface area contributed by atoms with Crippen LogP contribution in [-0.4, -0.2) is 47.3 Å². The van der Waals surface area contributed by atoms with Crippen molar-refractivity contribution in [1.82, 2.24) is 15.5 Å². The molecule has 0 aliphatic carbocycles. The number of carbonyl (C=O) groups excluding carboxylic acids is 1. The summed E-state index contributed by atoms with van der Waals surface area (Å²) in [5, 5.41) is 13.9. The van der Waals surface area contributed by atoms with Crippen LogP contribution in [0.1, 0.15) is 13.3 Å². The predicted octanol–water partition coefficient (Wildman–Crippen LogP) is 2.21. The smallest absolute Gasteiger partial charge is 0.230 e. The fourth-order valence-corrected chi connectivity index (χ4v) is 6.26. The number of thioether (sulfide) groups is 1. The number of hydrogen-bond acceptors (Lipinski definition) is 8. The highest BCUT2D eigenvalue weighted by atomic mass is 32.2. The van der Waals surface area contributed by atoms with E-state index in [0.29, 0.717) is 21.6 Å². The highest BCUT2D eigenvalue weighted by Crippen LogP contribution is 2.29. The second-order valence-corrected chi connectivity index (χ2v) is 10.6. The second kappa shape index (κ2) is 7.49. The molecule has 0 radical (unpaired) electrons. The lowest BCUT2D eigenvalue weighted by atomic mass is 10.0. The maximum absolute atomic E-state index is 13.6. The van der Waals surface area contributed by atoms with E-state index in [4.69, 9.17) is 0 Å². The van der Waals surface area contributed by atoms with Gasteiger partial charge in [-0.25, -0.2) is 12.8 Å². The van der Waals surface area contributed by atoms with E-state index in [1.54, 1.807) is 25.1 Å². The number of nitrogens with one attached hydrogen (secondary N) is 2. The van der Waals surface area contributed by atoms with Crippen molar-refractivity contribution in [3.05, 3.63) is 30.1 Å². The molecule has 1 aromatic heterocycles. The van der Waals surface area contributed by atoms with Gasteiger partial charge in [0.15, 0.2) is 14.2 Å². The van der Waals surface area contributed by atoms with E-state index in [1.165, 1.54) is 29.2 Å². The summed E-state index contributed by atoms with van der Waals surface area (Å²) in [5.74, 6) is -0.488. The molecule has 3 rings (SSSR count). The number of nitrogens with zero attached hydrogens (tertiary/aromatic N) is 2. The first-order valence-corrected chi connectivity index (χ1v) is 11.4. The molecule has 2 heterocycles. The van der Waals surface area contributed by atoms with E-state index < -0.39 is 21.2 Å². The van der Waals surface area contributed by atoms with Gasteiger partial charge in [0.2, 0.25) is 11.0 Å². The number of amides is 1. The van der Waals surface area contributed by atoms with E-state index in [-0.39, 0.29) is 23.2 Å². The number of carbonyl (C=O) groups is 1. The lowest BCUT2D eigenvalue weighted by Crippen LogP contribution is -2.47. The van der Waals surface area contributed by atoms with Gasteiger partial charge in [0.25, 0.3) is 0 Å². The van der Waals surface area contributed by atoms with Gasteiger partial charge in [0.05, 0.1) is 28.5 Å². The van der Waals surface area contributed by atoms with Crippen LogP contribution in [0.5, 0.6) is 0 Å². The fourth-order valence-electron chi connectivity index (χ4n) is 2.61. The summed E-state index contributed by atoms with van der Waals surface area (Å²) in [6.45, 7) is 1.74. The minimum absolute atomic E-state index is 0.0358. The molecule has 1 atom stereocenters. The first-order chi connectivity index (χ1) is 12.2. The summed E-state index contributed by atoms with van der Waals surface area (Å²) in [6, 6.07) is 6.23. The molecule has 1 amide bonds. The molecule has 0 spiro atoms. The van der Waals surface area contributed by atoms with Crippen LogP contribution in [0.3, 0.4) is 0 Å². The fraction of sp³-hybridized carbons (Fsp3) is 0.400. The minimum atomic E-state index is -3.08. The summed E-state index contributed by atoms with van der Waals surface area (Å²) < 4.78 is 37.3. The third-order valence-electron chi connectivity index (χ3n) is 3.79. The molecule has 1 aliphatic rings. The summed E-state index contributed by atoms with van der Waals surface area (Å²) in [4.78, 5) is 12.1. The van der Waals surface area contributed by atoms with Crippen molar-refractivity contribution < 1.29 is 17.6 Å². The lowest BCUT2D eigenvalue weighted by Gasteiger charge is -2.23. The van der Waals surface area contributed by atoms with Gasteiger partial charge in [-0.3, -0.25) is 4.79 Å². The number of anilines is 2. The molecule has 1 aliphatic heterocycles. The van der Waals surface area contributed by atoms with Gasteiger partial charge in [0, 0.05) is 0 Å². The number of sulfone groups is 1. The van der Waals surface area contributed by atoms with Crippen molar-refractivity contribution in [3.8, 4) is 0 Å². The van der Waals surface area contributed by atoms with Crippen LogP contribution in [0, 0.1) is 5.82 Å². The Balaban J connectivity index is 1.52. The Morgan fingerprint density at radius 2 is 2.15 bits per heavy atom. The Labute approximate surface area is 158 Å². The Morgan fingerprint density at radius 1 is 1.38 bits per heavy atom. The molecule has 1 aromatic carbocycles. The van der Waals surface area contributed by atoms with Crippen LogP contribution in [0.15, 0.2) is 28.6 Å². The number of aromatic nitrogens is 2. The Hall–Kier alpha value is -1.72. The van der Waals surface area contributed by atoms with Crippen LogP contribution in [-0.2, 0) is 14.6 Å². The molecular weight excluding hydrogens is 399 g/mol. The Kier molecular flexibility index (Phi) is 5.49. The van der Waals surface area contributed by atoms with Crippen molar-refractivity contribution in [2.75, 3.05) is 22.6 Å². The predicted molar refractivity (Wildman–Crippen MR) is 100 cm³/mol. The highest BCUT2D eigenvalue weighted by Gasteiger charge is 2.39. The summed E-state index contributed by atoms with van der Waals surface area (Å²) >= 11 is 2.40. The van der Waals surface area contributed by atoms with E-state index in [9.17, 15) is 17.6 Å². The Morgan fingerprint density at radius 3 is 2.85 bits per heavy atom. The second-order valence-electron chi connectivity index (χ2n) is 6.22. The number of rotatable bonds is 6. The number of halogens is 1. The highest BCUT2D eigenvalue weighted by molar-refractivity contribution is 8.01. The van der Waals surface area contributed by atoms with Crippen molar-refractivity contribution in [2.24, 2.45) is 0 Å². The molecule has 11 heteroatoms. The zero-order chi connectivity index (χ0) is 18.8. The molecule has 1 saturated heterocycles. The SMILES string of the molecule is C[C@]1(NC(=O)CSc2nnc(Nc3ccccc3F)s2)CCS(=O)(=O)C1. The third kappa shape index (κ3) is 4.92. The van der Waals surface area contributed by atoms with Crippen molar-refractivity contribution in [3.63, 3.8) is 0 Å². The molecule has 0 bridgehead atoms. The first-order valence-electron chi connectivity index (χ1n) is 7.74. The zero-order valence-electron chi connectivity index (χ0n) is 13.9. The molecule has 7 nitrogen and oxygen atoms in total. The van der Waals surface area contributed by atoms with Crippen LogP contribution >= 0.6 is 23.1 Å². The third-order valence-corrected chi connectivity index (χ3v) is 7.67. The zero-order valence-corrected chi connectivity index (χ0v) is 16.3. The van der Waals surface area contributed by atoms with E-state index in [0.717, 1.165) is 0 Å². The molecule has 2 N–H and O–H groups in total. The summed E-state index contributed by atoms with van der Waals surface area (Å²) in [7, 11) is -3.08. The number of para-hydroxylation sites is 1. The maximum atomic E-state index is 13.6.